The Morgan fingerprint density at radius 3 is 2.40 bits per heavy atom. The van der Waals surface area contributed by atoms with Crippen LogP contribution >= 0.6 is 11.8 Å². The normalized spacial score (nSPS) is 12.5. The number of thioether (sulfide) groups is 1. The summed E-state index contributed by atoms with van der Waals surface area (Å²) in [6, 6.07) is 10.0. The second-order valence-electron chi connectivity index (χ2n) is 5.08. The molecule has 25 heavy (non-hydrogen) atoms. The average Bonchev–Trinajstić information content (AvgIpc) is 2.54. The van der Waals surface area contributed by atoms with E-state index in [1.54, 1.807) is 6.92 Å². The number of halogens is 3. The topological polar surface area (TPSA) is 72.2 Å². The number of benzene rings is 2. The third-order valence-corrected chi connectivity index (χ3v) is 4.30. The molecular formula is C16H13F3N2O3S. The molecule has 0 bridgehead atoms. The van der Waals surface area contributed by atoms with Gasteiger partial charge in [0, 0.05) is 22.7 Å². The molecule has 0 spiro atoms. The molecule has 132 valence electrons. The molecule has 0 saturated carbocycles. The highest BCUT2D eigenvalue weighted by atomic mass is 32.2. The van der Waals surface area contributed by atoms with Crippen LogP contribution < -0.4 is 5.32 Å². The van der Waals surface area contributed by atoms with Gasteiger partial charge in [0.15, 0.2) is 0 Å². The van der Waals surface area contributed by atoms with Gasteiger partial charge < -0.3 is 5.32 Å². The Labute approximate surface area is 145 Å². The fraction of sp³-hybridized carbons (Fsp3) is 0.188. The fourth-order valence-electron chi connectivity index (χ4n) is 1.92. The van der Waals surface area contributed by atoms with Crippen LogP contribution in [-0.2, 0) is 11.0 Å². The molecule has 0 aromatic heterocycles. The SMILES string of the molecule is C[C@H](Sc1ccc([N+](=O)[O-])cc1)C(=O)Nc1cccc(C(F)(F)F)c1. The Balaban J connectivity index is 2.02. The summed E-state index contributed by atoms with van der Waals surface area (Å²) in [4.78, 5) is 22.8. The zero-order valence-electron chi connectivity index (χ0n) is 12.9. The van der Waals surface area contributed by atoms with Gasteiger partial charge in [-0.05, 0) is 37.3 Å². The van der Waals surface area contributed by atoms with Gasteiger partial charge in [0.2, 0.25) is 5.91 Å². The van der Waals surface area contributed by atoms with Gasteiger partial charge in [-0.2, -0.15) is 13.2 Å². The van der Waals surface area contributed by atoms with E-state index in [4.69, 9.17) is 0 Å². The molecule has 0 fully saturated rings. The van der Waals surface area contributed by atoms with Crippen molar-refractivity contribution in [3.63, 3.8) is 0 Å². The Bertz CT molecular complexity index is 779. The third kappa shape index (κ3) is 5.21. The van der Waals surface area contributed by atoms with Crippen molar-refractivity contribution in [3.8, 4) is 0 Å². The number of hydrogen-bond acceptors (Lipinski definition) is 4. The largest absolute Gasteiger partial charge is 0.416 e. The Hall–Kier alpha value is -2.55. The van der Waals surface area contributed by atoms with Gasteiger partial charge in [0.1, 0.15) is 0 Å². The monoisotopic (exact) mass is 370 g/mol. The van der Waals surface area contributed by atoms with Crippen molar-refractivity contribution < 1.29 is 22.9 Å². The molecule has 0 unspecified atom stereocenters. The van der Waals surface area contributed by atoms with Crippen LogP contribution in [0.25, 0.3) is 0 Å². The number of carbonyl (C=O) groups is 1. The predicted octanol–water partition coefficient (Wildman–Crippen LogP) is 4.73. The minimum absolute atomic E-state index is 0.0518. The summed E-state index contributed by atoms with van der Waals surface area (Å²) in [6.07, 6.45) is -4.49. The molecule has 0 aliphatic carbocycles. The molecule has 0 aliphatic heterocycles. The maximum absolute atomic E-state index is 12.7. The van der Waals surface area contributed by atoms with Crippen LogP contribution in [0.5, 0.6) is 0 Å². The summed E-state index contributed by atoms with van der Waals surface area (Å²) in [5.74, 6) is -0.470. The third-order valence-electron chi connectivity index (χ3n) is 3.19. The average molecular weight is 370 g/mol. The lowest BCUT2D eigenvalue weighted by Crippen LogP contribution is -2.22. The molecule has 1 amide bonds. The number of non-ortho nitro benzene ring substituents is 1. The standard InChI is InChI=1S/C16H13F3N2O3S/c1-10(25-14-7-5-13(6-8-14)21(23)24)15(22)20-12-4-2-3-11(9-12)16(17,18)19/h2-10H,1H3,(H,20,22)/t10-/m0/s1. The number of nitro groups is 1. The summed E-state index contributed by atoms with van der Waals surface area (Å²) >= 11 is 1.14. The van der Waals surface area contributed by atoms with Crippen molar-refractivity contribution in [1.29, 1.82) is 0 Å². The zero-order valence-corrected chi connectivity index (χ0v) is 13.7. The van der Waals surface area contributed by atoms with Gasteiger partial charge >= 0.3 is 6.18 Å². The summed E-state index contributed by atoms with van der Waals surface area (Å²) in [7, 11) is 0. The number of anilines is 1. The van der Waals surface area contributed by atoms with E-state index < -0.39 is 27.8 Å². The minimum Gasteiger partial charge on any atom is -0.325 e. The minimum atomic E-state index is -4.49. The van der Waals surface area contributed by atoms with Crippen LogP contribution in [0.4, 0.5) is 24.5 Å². The van der Waals surface area contributed by atoms with Crippen molar-refractivity contribution in [2.24, 2.45) is 0 Å². The number of nitrogens with zero attached hydrogens (tertiary/aromatic N) is 1. The van der Waals surface area contributed by atoms with Gasteiger partial charge in [-0.1, -0.05) is 6.07 Å². The van der Waals surface area contributed by atoms with E-state index in [1.807, 2.05) is 0 Å². The van der Waals surface area contributed by atoms with Gasteiger partial charge in [0.05, 0.1) is 15.7 Å². The molecule has 9 heteroatoms. The molecule has 0 heterocycles. The Morgan fingerprint density at radius 2 is 1.84 bits per heavy atom. The first kappa shape index (κ1) is 18.8. The molecule has 0 aliphatic rings. The summed E-state index contributed by atoms with van der Waals surface area (Å²) in [5.41, 5.74) is -0.859. The summed E-state index contributed by atoms with van der Waals surface area (Å²) < 4.78 is 38.0. The van der Waals surface area contributed by atoms with Gasteiger partial charge in [-0.25, -0.2) is 0 Å². The number of carbonyl (C=O) groups excluding carboxylic acids is 1. The van der Waals surface area contributed by atoms with Crippen molar-refractivity contribution in [2.45, 2.75) is 23.2 Å². The van der Waals surface area contributed by atoms with E-state index in [2.05, 4.69) is 5.32 Å². The number of nitrogens with one attached hydrogen (secondary N) is 1. The van der Waals surface area contributed by atoms with E-state index >= 15 is 0 Å². The van der Waals surface area contributed by atoms with Crippen LogP contribution in [-0.4, -0.2) is 16.1 Å². The van der Waals surface area contributed by atoms with Gasteiger partial charge in [0.25, 0.3) is 5.69 Å². The summed E-state index contributed by atoms with van der Waals surface area (Å²) in [6.45, 7) is 1.59. The molecule has 0 saturated heterocycles. The lowest BCUT2D eigenvalue weighted by molar-refractivity contribution is -0.384. The Kier molecular flexibility index (Phi) is 5.68. The first-order chi connectivity index (χ1) is 11.7. The smallest absolute Gasteiger partial charge is 0.325 e. The van der Waals surface area contributed by atoms with Crippen molar-refractivity contribution in [2.75, 3.05) is 5.32 Å². The second-order valence-corrected chi connectivity index (χ2v) is 6.49. The number of hydrogen-bond donors (Lipinski definition) is 1. The van der Waals surface area contributed by atoms with Crippen molar-refractivity contribution >= 4 is 29.0 Å². The molecule has 1 atom stereocenters. The zero-order chi connectivity index (χ0) is 18.6. The van der Waals surface area contributed by atoms with Crippen LogP contribution in [0.3, 0.4) is 0 Å². The van der Waals surface area contributed by atoms with Gasteiger partial charge in [-0.15, -0.1) is 11.8 Å². The highest BCUT2D eigenvalue weighted by Crippen LogP contribution is 2.31. The lowest BCUT2D eigenvalue weighted by Gasteiger charge is -2.13. The van der Waals surface area contributed by atoms with E-state index in [0.29, 0.717) is 4.90 Å². The van der Waals surface area contributed by atoms with E-state index in [9.17, 15) is 28.1 Å². The van der Waals surface area contributed by atoms with Crippen LogP contribution in [0.15, 0.2) is 53.4 Å². The highest BCUT2D eigenvalue weighted by Gasteiger charge is 2.30. The van der Waals surface area contributed by atoms with Crippen LogP contribution in [0, 0.1) is 10.1 Å². The molecule has 2 aromatic carbocycles. The van der Waals surface area contributed by atoms with Crippen LogP contribution in [0.2, 0.25) is 0 Å². The van der Waals surface area contributed by atoms with Gasteiger partial charge in [-0.3, -0.25) is 14.9 Å². The maximum Gasteiger partial charge on any atom is 0.416 e. The first-order valence-electron chi connectivity index (χ1n) is 7.06. The number of nitro benzene ring substituents is 1. The molecule has 5 nitrogen and oxygen atoms in total. The maximum atomic E-state index is 12.7. The molecule has 2 aromatic rings. The molecule has 1 N–H and O–H groups in total. The predicted molar refractivity (Wildman–Crippen MR) is 88.5 cm³/mol. The molecule has 0 radical (unpaired) electrons. The Morgan fingerprint density at radius 1 is 1.20 bits per heavy atom. The summed E-state index contributed by atoms with van der Waals surface area (Å²) in [5, 5.41) is 12.4. The number of amides is 1. The van der Waals surface area contributed by atoms with E-state index in [1.165, 1.54) is 36.4 Å². The molecule has 2 rings (SSSR count). The van der Waals surface area contributed by atoms with Crippen molar-refractivity contribution in [1.82, 2.24) is 0 Å². The van der Waals surface area contributed by atoms with Crippen LogP contribution in [0.1, 0.15) is 12.5 Å². The first-order valence-corrected chi connectivity index (χ1v) is 7.94. The number of rotatable bonds is 5. The quantitative estimate of drug-likeness (QED) is 0.469. The second kappa shape index (κ2) is 7.56. The van der Waals surface area contributed by atoms with E-state index in [-0.39, 0.29) is 11.4 Å². The fourth-order valence-corrected chi connectivity index (χ4v) is 2.79. The highest BCUT2D eigenvalue weighted by molar-refractivity contribution is 8.00. The number of alkyl halides is 3. The van der Waals surface area contributed by atoms with E-state index in [0.717, 1.165) is 23.9 Å². The van der Waals surface area contributed by atoms with Crippen molar-refractivity contribution in [3.05, 3.63) is 64.2 Å². The lowest BCUT2D eigenvalue weighted by atomic mass is 10.2. The molecular weight excluding hydrogens is 357 g/mol.